The summed E-state index contributed by atoms with van der Waals surface area (Å²) < 4.78 is 0. The number of likely N-dealkylation sites (tertiary alicyclic amines) is 1. The highest BCUT2D eigenvalue weighted by Gasteiger charge is 2.46. The number of amides is 1. The zero-order valence-electron chi connectivity index (χ0n) is 15.2. The number of hydrogen-bond donors (Lipinski definition) is 1. The lowest BCUT2D eigenvalue weighted by Crippen LogP contribution is -2.36. The number of rotatable bonds is 4. The van der Waals surface area contributed by atoms with Crippen LogP contribution in [-0.4, -0.2) is 30.4 Å². The first kappa shape index (κ1) is 16.8. The number of carbonyl (C=O) groups excluding carboxylic acids is 1. The summed E-state index contributed by atoms with van der Waals surface area (Å²) in [5.74, 6) is 0.545. The minimum Gasteiger partial charge on any atom is -0.369 e. The van der Waals surface area contributed by atoms with Crippen molar-refractivity contribution in [2.45, 2.75) is 51.4 Å². The summed E-state index contributed by atoms with van der Waals surface area (Å²) in [4.78, 5) is 14.7. The summed E-state index contributed by atoms with van der Waals surface area (Å²) in [5, 5.41) is 0. The Hall–Kier alpha value is -1.61. The number of hydrogen-bond acceptors (Lipinski definition) is 2. The minimum atomic E-state index is -0.286. The van der Waals surface area contributed by atoms with Crippen LogP contribution in [0.4, 0.5) is 0 Å². The monoisotopic (exact) mass is 338 g/mol. The number of carbonyl (C=O) groups is 1. The van der Waals surface area contributed by atoms with Gasteiger partial charge in [0.25, 0.3) is 0 Å². The highest BCUT2D eigenvalue weighted by atomic mass is 16.1. The number of primary amides is 1. The predicted octanol–water partition coefficient (Wildman–Crippen LogP) is 3.56. The Morgan fingerprint density at radius 1 is 1.24 bits per heavy atom. The molecule has 1 heterocycles. The van der Waals surface area contributed by atoms with Crippen molar-refractivity contribution in [2.24, 2.45) is 17.1 Å². The molecule has 3 heteroatoms. The fourth-order valence-corrected chi connectivity index (χ4v) is 5.15. The van der Waals surface area contributed by atoms with E-state index in [-0.39, 0.29) is 11.3 Å². The lowest BCUT2D eigenvalue weighted by Gasteiger charge is -2.25. The third kappa shape index (κ3) is 3.52. The van der Waals surface area contributed by atoms with Crippen molar-refractivity contribution in [2.75, 3.05) is 19.6 Å². The van der Waals surface area contributed by atoms with Gasteiger partial charge in [-0.25, -0.2) is 0 Å². The lowest BCUT2D eigenvalue weighted by atomic mass is 9.79. The first-order valence-electron chi connectivity index (χ1n) is 9.95. The van der Waals surface area contributed by atoms with Gasteiger partial charge in [0, 0.05) is 6.54 Å². The molecular weight excluding hydrogens is 308 g/mol. The van der Waals surface area contributed by atoms with Gasteiger partial charge in [0.2, 0.25) is 5.91 Å². The second-order valence-corrected chi connectivity index (χ2v) is 8.43. The van der Waals surface area contributed by atoms with Crippen LogP contribution < -0.4 is 5.73 Å². The molecule has 2 N–H and O–H groups in total. The zero-order valence-corrected chi connectivity index (χ0v) is 15.2. The molecule has 25 heavy (non-hydrogen) atoms. The molecule has 3 nitrogen and oxygen atoms in total. The molecule has 2 aliphatic carbocycles. The zero-order chi connectivity index (χ0) is 17.3. The molecule has 3 aliphatic rings. The maximum atomic E-state index is 12.1. The van der Waals surface area contributed by atoms with E-state index in [0.29, 0.717) is 5.92 Å². The van der Waals surface area contributed by atoms with Crippen molar-refractivity contribution < 1.29 is 4.79 Å². The van der Waals surface area contributed by atoms with Gasteiger partial charge in [-0.1, -0.05) is 36.8 Å². The molecule has 134 valence electrons. The molecule has 2 atom stereocenters. The summed E-state index contributed by atoms with van der Waals surface area (Å²) in [6.45, 7) is 3.51. The Bertz CT molecular complexity index is 675. The summed E-state index contributed by atoms with van der Waals surface area (Å²) in [6, 6.07) is 6.82. The van der Waals surface area contributed by atoms with Gasteiger partial charge in [-0.2, -0.15) is 0 Å². The highest BCUT2D eigenvalue weighted by Crippen LogP contribution is 2.48. The van der Waals surface area contributed by atoms with Crippen molar-refractivity contribution in [3.8, 4) is 0 Å². The third-order valence-electron chi connectivity index (χ3n) is 6.62. The van der Waals surface area contributed by atoms with E-state index in [9.17, 15) is 4.79 Å². The largest absolute Gasteiger partial charge is 0.369 e. The molecule has 0 spiro atoms. The van der Waals surface area contributed by atoms with Gasteiger partial charge in [0.05, 0.1) is 5.41 Å². The van der Waals surface area contributed by atoms with Crippen molar-refractivity contribution in [1.82, 2.24) is 4.90 Å². The summed E-state index contributed by atoms with van der Waals surface area (Å²) >= 11 is 0. The summed E-state index contributed by atoms with van der Waals surface area (Å²) in [5.41, 5.74) is 9.56. The fraction of sp³-hybridized carbons (Fsp3) is 0.591. The van der Waals surface area contributed by atoms with Crippen molar-refractivity contribution in [1.29, 1.82) is 0 Å². The number of fused-ring (bicyclic) bond motifs is 3. The average Bonchev–Trinajstić information content (AvgIpc) is 2.93. The van der Waals surface area contributed by atoms with E-state index in [1.54, 1.807) is 0 Å². The van der Waals surface area contributed by atoms with Crippen molar-refractivity contribution >= 4 is 12.0 Å². The molecule has 0 aromatic heterocycles. The van der Waals surface area contributed by atoms with E-state index in [1.165, 1.54) is 49.0 Å². The van der Waals surface area contributed by atoms with Crippen LogP contribution in [0, 0.1) is 11.3 Å². The first-order valence-corrected chi connectivity index (χ1v) is 9.95. The van der Waals surface area contributed by atoms with Crippen molar-refractivity contribution in [3.05, 3.63) is 41.0 Å². The maximum Gasteiger partial charge on any atom is 0.223 e. The topological polar surface area (TPSA) is 46.3 Å². The first-order chi connectivity index (χ1) is 12.1. The molecule has 2 unspecified atom stereocenters. The second kappa shape index (κ2) is 6.95. The normalized spacial score (nSPS) is 29.5. The van der Waals surface area contributed by atoms with Gasteiger partial charge in [-0.05, 0) is 80.6 Å². The number of piperidine rings is 1. The molecule has 1 saturated heterocycles. The van der Waals surface area contributed by atoms with Crippen molar-refractivity contribution in [3.63, 3.8) is 0 Å². The van der Waals surface area contributed by atoms with E-state index in [1.807, 2.05) is 0 Å². The Labute approximate surface area is 151 Å². The molecule has 1 amide bonds. The van der Waals surface area contributed by atoms with Gasteiger partial charge in [-0.15, -0.1) is 0 Å². The average molecular weight is 338 g/mol. The Morgan fingerprint density at radius 2 is 2.08 bits per heavy atom. The third-order valence-corrected chi connectivity index (χ3v) is 6.62. The maximum absolute atomic E-state index is 12.1. The molecule has 4 rings (SSSR count). The van der Waals surface area contributed by atoms with Crippen LogP contribution in [-0.2, 0) is 17.6 Å². The molecule has 1 aromatic carbocycles. The fourth-order valence-electron chi connectivity index (χ4n) is 5.15. The minimum absolute atomic E-state index is 0.0890. The van der Waals surface area contributed by atoms with Gasteiger partial charge < -0.3 is 5.73 Å². The van der Waals surface area contributed by atoms with Crippen LogP contribution in [0.1, 0.15) is 55.2 Å². The smallest absolute Gasteiger partial charge is 0.223 e. The highest BCUT2D eigenvalue weighted by molar-refractivity contribution is 5.82. The summed E-state index contributed by atoms with van der Waals surface area (Å²) in [6.07, 6.45) is 13.6. The molecule has 0 radical (unpaired) electrons. The Balaban J connectivity index is 1.49. The number of nitrogens with two attached hydrogens (primary N) is 1. The standard InChI is InChI=1S/C22H30N2O/c23-21(25)22-9-8-18(15-22)14-19-7-6-17(13-20(19)16-22)5-4-12-24-10-2-1-3-11-24/h4-7,13,18H,1-3,8-12,14-16H2,(H2,23,25). The Morgan fingerprint density at radius 3 is 2.88 bits per heavy atom. The number of nitrogens with zero attached hydrogens (tertiary/aromatic N) is 1. The second-order valence-electron chi connectivity index (χ2n) is 8.43. The summed E-state index contributed by atoms with van der Waals surface area (Å²) in [7, 11) is 0. The van der Waals surface area contributed by atoms with Crippen LogP contribution in [0.3, 0.4) is 0 Å². The molecule has 1 aromatic rings. The van der Waals surface area contributed by atoms with Crippen LogP contribution in [0.25, 0.3) is 6.08 Å². The van der Waals surface area contributed by atoms with E-state index in [0.717, 1.165) is 38.6 Å². The predicted molar refractivity (Wildman–Crippen MR) is 102 cm³/mol. The molecule has 2 bridgehead atoms. The molecule has 2 fully saturated rings. The molecular formula is C22H30N2O. The van der Waals surface area contributed by atoms with E-state index >= 15 is 0 Å². The number of benzene rings is 1. The Kier molecular flexibility index (Phi) is 4.68. The molecule has 1 aliphatic heterocycles. The van der Waals surface area contributed by atoms with Crippen LogP contribution in [0.15, 0.2) is 24.3 Å². The van der Waals surface area contributed by atoms with Gasteiger partial charge in [0.1, 0.15) is 0 Å². The van der Waals surface area contributed by atoms with E-state index in [4.69, 9.17) is 5.73 Å². The SMILES string of the molecule is NC(=O)C12CCC(Cc3ccc(C=CCN4CCCCC4)cc3C1)C2. The van der Waals surface area contributed by atoms with Crippen LogP contribution in [0.5, 0.6) is 0 Å². The quantitative estimate of drug-likeness (QED) is 0.912. The molecule has 1 saturated carbocycles. The van der Waals surface area contributed by atoms with Gasteiger partial charge >= 0.3 is 0 Å². The van der Waals surface area contributed by atoms with E-state index < -0.39 is 0 Å². The van der Waals surface area contributed by atoms with E-state index in [2.05, 4.69) is 35.3 Å². The van der Waals surface area contributed by atoms with Gasteiger partial charge in [-0.3, -0.25) is 9.69 Å². The van der Waals surface area contributed by atoms with Gasteiger partial charge in [0.15, 0.2) is 0 Å². The lowest BCUT2D eigenvalue weighted by molar-refractivity contribution is -0.127. The van der Waals surface area contributed by atoms with Crippen LogP contribution >= 0.6 is 0 Å². The van der Waals surface area contributed by atoms with Crippen LogP contribution in [0.2, 0.25) is 0 Å².